The average Bonchev–Trinajstić information content (AvgIpc) is 2.39. The van der Waals surface area contributed by atoms with Gasteiger partial charge in [0.05, 0.1) is 0 Å². The van der Waals surface area contributed by atoms with Crippen molar-refractivity contribution >= 4 is 18.2 Å². The zero-order valence-corrected chi connectivity index (χ0v) is 12.0. The summed E-state index contributed by atoms with van der Waals surface area (Å²) >= 11 is 1.70. The minimum atomic E-state index is 0.724. The van der Waals surface area contributed by atoms with E-state index in [0.717, 1.165) is 25.7 Å². The van der Waals surface area contributed by atoms with Gasteiger partial charge in [0.15, 0.2) is 0 Å². The van der Waals surface area contributed by atoms with Gasteiger partial charge in [-0.3, -0.25) is 4.72 Å². The number of nitrogens with one attached hydrogen (secondary N) is 1. The number of hydrogen-bond donors (Lipinski definition) is 1. The Bertz CT molecular complexity index is 324. The molecule has 1 N–H and O–H groups in total. The smallest absolute Gasteiger partial charge is 0.119 e. The fraction of sp³-hybridized carbons (Fsp3) is 0.533. The highest BCUT2D eigenvalue weighted by molar-refractivity contribution is 7.97. The molecule has 1 aromatic carbocycles. The number of rotatable bonds is 10. The SMILES string of the molecule is Cc1ccc(SNCCCCCCCC=O)cc1. The van der Waals surface area contributed by atoms with E-state index in [1.165, 1.54) is 36.1 Å². The summed E-state index contributed by atoms with van der Waals surface area (Å²) in [4.78, 5) is 11.4. The van der Waals surface area contributed by atoms with Gasteiger partial charge in [-0.25, -0.2) is 0 Å². The summed E-state index contributed by atoms with van der Waals surface area (Å²) in [5, 5.41) is 0. The van der Waals surface area contributed by atoms with E-state index in [9.17, 15) is 4.79 Å². The second-order valence-corrected chi connectivity index (χ2v) is 5.50. The molecule has 100 valence electrons. The third-order valence-corrected chi connectivity index (χ3v) is 3.67. The molecule has 0 amide bonds. The molecule has 1 aromatic rings. The monoisotopic (exact) mass is 265 g/mol. The molecule has 0 fully saturated rings. The van der Waals surface area contributed by atoms with Crippen LogP contribution in [0.4, 0.5) is 0 Å². The zero-order valence-electron chi connectivity index (χ0n) is 11.2. The number of carbonyl (C=O) groups excluding carboxylic acids is 1. The molecular weight excluding hydrogens is 242 g/mol. The van der Waals surface area contributed by atoms with Crippen LogP contribution in [0.1, 0.15) is 44.1 Å². The van der Waals surface area contributed by atoms with Crippen LogP contribution < -0.4 is 4.72 Å². The Morgan fingerprint density at radius 3 is 2.44 bits per heavy atom. The van der Waals surface area contributed by atoms with Crippen molar-refractivity contribution in [1.29, 1.82) is 0 Å². The fourth-order valence-corrected chi connectivity index (χ4v) is 2.38. The highest BCUT2D eigenvalue weighted by atomic mass is 32.2. The van der Waals surface area contributed by atoms with Gasteiger partial charge in [0.2, 0.25) is 0 Å². The molecule has 0 spiro atoms. The lowest BCUT2D eigenvalue weighted by Gasteiger charge is -2.04. The third-order valence-electron chi connectivity index (χ3n) is 2.81. The maximum atomic E-state index is 10.1. The van der Waals surface area contributed by atoms with Crippen LogP contribution in [0.3, 0.4) is 0 Å². The lowest BCUT2D eigenvalue weighted by atomic mass is 10.1. The summed E-state index contributed by atoms with van der Waals surface area (Å²) in [6, 6.07) is 8.56. The van der Waals surface area contributed by atoms with E-state index in [4.69, 9.17) is 0 Å². The number of aldehydes is 1. The number of unbranched alkanes of at least 4 members (excludes halogenated alkanes) is 5. The Morgan fingerprint density at radius 2 is 1.72 bits per heavy atom. The maximum absolute atomic E-state index is 10.1. The molecule has 0 radical (unpaired) electrons. The Balaban J connectivity index is 1.92. The van der Waals surface area contributed by atoms with Gasteiger partial charge in [-0.2, -0.15) is 0 Å². The summed E-state index contributed by atoms with van der Waals surface area (Å²) in [7, 11) is 0. The molecule has 0 atom stereocenters. The molecule has 3 heteroatoms. The van der Waals surface area contributed by atoms with Crippen molar-refractivity contribution < 1.29 is 4.79 Å². The van der Waals surface area contributed by atoms with E-state index >= 15 is 0 Å². The van der Waals surface area contributed by atoms with Gasteiger partial charge in [-0.1, -0.05) is 37.0 Å². The Labute approximate surface area is 115 Å². The van der Waals surface area contributed by atoms with Gasteiger partial charge in [0, 0.05) is 17.9 Å². The molecule has 0 aliphatic carbocycles. The van der Waals surface area contributed by atoms with E-state index in [1.807, 2.05) is 0 Å². The molecule has 0 heterocycles. The van der Waals surface area contributed by atoms with Gasteiger partial charge in [0.1, 0.15) is 6.29 Å². The first-order chi connectivity index (χ1) is 8.83. The van der Waals surface area contributed by atoms with E-state index in [0.29, 0.717) is 0 Å². The third kappa shape index (κ3) is 7.51. The molecular formula is C15H23NOS. The normalized spacial score (nSPS) is 10.5. The summed E-state index contributed by atoms with van der Waals surface area (Å²) in [5.41, 5.74) is 1.30. The van der Waals surface area contributed by atoms with E-state index in [-0.39, 0.29) is 0 Å². The molecule has 0 saturated carbocycles. The van der Waals surface area contributed by atoms with Crippen LogP contribution in [0.15, 0.2) is 29.2 Å². The number of benzene rings is 1. The molecule has 0 unspecified atom stereocenters. The lowest BCUT2D eigenvalue weighted by Crippen LogP contribution is -2.04. The minimum Gasteiger partial charge on any atom is -0.303 e. The van der Waals surface area contributed by atoms with Crippen molar-refractivity contribution in [2.24, 2.45) is 0 Å². The maximum Gasteiger partial charge on any atom is 0.119 e. The highest BCUT2D eigenvalue weighted by Gasteiger charge is 1.94. The first-order valence-corrected chi connectivity index (χ1v) is 7.54. The van der Waals surface area contributed by atoms with Crippen LogP contribution in [-0.2, 0) is 4.79 Å². The van der Waals surface area contributed by atoms with Gasteiger partial charge in [-0.05, 0) is 43.8 Å². The first-order valence-electron chi connectivity index (χ1n) is 6.73. The topological polar surface area (TPSA) is 29.1 Å². The number of hydrogen-bond acceptors (Lipinski definition) is 3. The second-order valence-electron chi connectivity index (χ2n) is 4.53. The van der Waals surface area contributed by atoms with Crippen molar-refractivity contribution in [3.8, 4) is 0 Å². The van der Waals surface area contributed by atoms with Crippen molar-refractivity contribution in [2.45, 2.75) is 50.3 Å². The van der Waals surface area contributed by atoms with Crippen molar-refractivity contribution in [3.05, 3.63) is 29.8 Å². The van der Waals surface area contributed by atoms with Crippen molar-refractivity contribution in [3.63, 3.8) is 0 Å². The molecule has 18 heavy (non-hydrogen) atoms. The average molecular weight is 265 g/mol. The van der Waals surface area contributed by atoms with Crippen LogP contribution in [0.2, 0.25) is 0 Å². The molecule has 1 rings (SSSR count). The predicted molar refractivity (Wildman–Crippen MR) is 78.8 cm³/mol. The summed E-state index contributed by atoms with van der Waals surface area (Å²) in [6.45, 7) is 3.15. The summed E-state index contributed by atoms with van der Waals surface area (Å²) < 4.78 is 3.38. The van der Waals surface area contributed by atoms with Crippen LogP contribution in [0.25, 0.3) is 0 Å². The molecule has 0 aromatic heterocycles. The first kappa shape index (κ1) is 15.3. The standard InChI is InChI=1S/C15H23NOS/c1-14-8-10-15(11-9-14)18-16-12-6-4-2-3-5-7-13-17/h8-11,13,16H,2-7,12H2,1H3. The Morgan fingerprint density at radius 1 is 1.06 bits per heavy atom. The van der Waals surface area contributed by atoms with Gasteiger partial charge < -0.3 is 4.79 Å². The molecule has 0 bridgehead atoms. The van der Waals surface area contributed by atoms with Crippen LogP contribution in [0, 0.1) is 6.92 Å². The second kappa shape index (κ2) is 10.2. The lowest BCUT2D eigenvalue weighted by molar-refractivity contribution is -0.107. The van der Waals surface area contributed by atoms with E-state index < -0.39 is 0 Å². The quantitative estimate of drug-likeness (QED) is 0.392. The molecule has 0 aliphatic heterocycles. The van der Waals surface area contributed by atoms with Crippen molar-refractivity contribution in [2.75, 3.05) is 6.54 Å². The molecule has 0 saturated heterocycles. The van der Waals surface area contributed by atoms with E-state index in [1.54, 1.807) is 11.9 Å². The highest BCUT2D eigenvalue weighted by Crippen LogP contribution is 2.15. The van der Waals surface area contributed by atoms with E-state index in [2.05, 4.69) is 35.9 Å². The largest absolute Gasteiger partial charge is 0.303 e. The predicted octanol–water partition coefficient (Wildman–Crippen LogP) is 4.13. The fourth-order valence-electron chi connectivity index (χ4n) is 1.70. The van der Waals surface area contributed by atoms with Crippen LogP contribution in [-0.4, -0.2) is 12.8 Å². The van der Waals surface area contributed by atoms with Gasteiger partial charge in [0.25, 0.3) is 0 Å². The summed E-state index contributed by atoms with van der Waals surface area (Å²) in [6.07, 6.45) is 7.67. The minimum absolute atomic E-state index is 0.724. The Kier molecular flexibility index (Phi) is 8.61. The molecule has 2 nitrogen and oxygen atoms in total. The van der Waals surface area contributed by atoms with Crippen molar-refractivity contribution in [1.82, 2.24) is 4.72 Å². The van der Waals surface area contributed by atoms with Gasteiger partial charge in [-0.15, -0.1) is 0 Å². The number of aryl methyl sites for hydroxylation is 1. The Hall–Kier alpha value is -0.800. The zero-order chi connectivity index (χ0) is 13.1. The molecule has 0 aliphatic rings. The van der Waals surface area contributed by atoms with Gasteiger partial charge >= 0.3 is 0 Å². The number of carbonyl (C=O) groups is 1. The summed E-state index contributed by atoms with van der Waals surface area (Å²) in [5.74, 6) is 0. The van der Waals surface area contributed by atoms with Crippen LogP contribution in [0.5, 0.6) is 0 Å². The van der Waals surface area contributed by atoms with Crippen LogP contribution >= 0.6 is 11.9 Å².